The molecule has 0 amide bonds. The molecule has 0 bridgehead atoms. The van der Waals surface area contributed by atoms with Crippen molar-refractivity contribution in [1.82, 2.24) is 4.98 Å². The van der Waals surface area contributed by atoms with Crippen LogP contribution in [0.5, 0.6) is 11.6 Å². The van der Waals surface area contributed by atoms with Gasteiger partial charge in [0.1, 0.15) is 11.6 Å². The van der Waals surface area contributed by atoms with E-state index < -0.39 is 21.8 Å². The molecule has 0 atom stereocenters. The topological polar surface area (TPSA) is 104 Å². The van der Waals surface area contributed by atoms with Crippen LogP contribution in [0, 0.1) is 5.82 Å². The molecule has 3 rings (SSSR count). The molecule has 0 spiro atoms. The van der Waals surface area contributed by atoms with Crippen LogP contribution in [0.2, 0.25) is 0 Å². The zero-order chi connectivity index (χ0) is 28.3. The van der Waals surface area contributed by atoms with Crippen LogP contribution in [0.25, 0.3) is 23.3 Å². The Labute approximate surface area is 222 Å². The van der Waals surface area contributed by atoms with Gasteiger partial charge in [-0.25, -0.2) is 22.6 Å². The number of halogens is 1. The van der Waals surface area contributed by atoms with Crippen LogP contribution in [0.4, 0.5) is 10.1 Å². The Morgan fingerprint density at radius 3 is 2.26 bits per heavy atom. The van der Waals surface area contributed by atoms with Crippen molar-refractivity contribution in [3.05, 3.63) is 70.7 Å². The number of ether oxygens (including phenoxy) is 3. The first kappa shape index (κ1) is 28.6. The molecule has 0 saturated heterocycles. The van der Waals surface area contributed by atoms with Crippen molar-refractivity contribution in [2.75, 3.05) is 32.3 Å². The van der Waals surface area contributed by atoms with E-state index in [0.29, 0.717) is 28.0 Å². The monoisotopic (exact) mass is 542 g/mol. The molecule has 2 aromatic carbocycles. The normalized spacial score (nSPS) is 11.9. The summed E-state index contributed by atoms with van der Waals surface area (Å²) >= 11 is 0. The molecule has 0 radical (unpaired) electrons. The van der Waals surface area contributed by atoms with Crippen LogP contribution in [-0.2, 0) is 20.2 Å². The molecular formula is C28H31FN2O6S. The maximum absolute atomic E-state index is 14.2. The van der Waals surface area contributed by atoms with E-state index in [-0.39, 0.29) is 22.5 Å². The Bertz CT molecular complexity index is 1490. The van der Waals surface area contributed by atoms with Crippen molar-refractivity contribution >= 4 is 33.8 Å². The Morgan fingerprint density at radius 1 is 1.00 bits per heavy atom. The van der Waals surface area contributed by atoms with Crippen molar-refractivity contribution in [1.29, 1.82) is 0 Å². The van der Waals surface area contributed by atoms with Gasteiger partial charge in [-0.15, -0.1) is 0 Å². The van der Waals surface area contributed by atoms with E-state index >= 15 is 0 Å². The van der Waals surface area contributed by atoms with Gasteiger partial charge in [0.2, 0.25) is 15.9 Å². The van der Waals surface area contributed by atoms with Gasteiger partial charge < -0.3 is 14.2 Å². The highest BCUT2D eigenvalue weighted by Gasteiger charge is 2.23. The standard InChI is InChI=1S/C28H31FN2O6S/c1-28(2,3)24-13-19(22-14-20(29)16-30-26(22)36-5)12-18(25(24)35-4)9-8-17-10-11-21(31-38(7,33)34)15-23(17)27(32)37-6/h8-16,31H,1-7H3/b9-8+. The van der Waals surface area contributed by atoms with Gasteiger partial charge in [0.15, 0.2) is 0 Å². The van der Waals surface area contributed by atoms with Crippen molar-refractivity contribution < 1.29 is 31.8 Å². The molecule has 38 heavy (non-hydrogen) atoms. The lowest BCUT2D eigenvalue weighted by Gasteiger charge is -2.25. The first-order valence-corrected chi connectivity index (χ1v) is 13.5. The number of anilines is 1. The van der Waals surface area contributed by atoms with E-state index in [2.05, 4.69) is 9.71 Å². The van der Waals surface area contributed by atoms with Crippen LogP contribution in [0.15, 0.2) is 42.6 Å². The number of esters is 1. The summed E-state index contributed by atoms with van der Waals surface area (Å²) in [5.41, 5.74) is 3.21. The molecule has 3 aromatic rings. The minimum Gasteiger partial charge on any atom is -0.496 e. The Morgan fingerprint density at radius 2 is 1.68 bits per heavy atom. The zero-order valence-corrected chi connectivity index (χ0v) is 23.2. The average Bonchev–Trinajstić information content (AvgIpc) is 2.85. The van der Waals surface area contributed by atoms with Crippen molar-refractivity contribution in [3.63, 3.8) is 0 Å². The van der Waals surface area contributed by atoms with Crippen molar-refractivity contribution in [2.45, 2.75) is 26.2 Å². The summed E-state index contributed by atoms with van der Waals surface area (Å²) in [5.74, 6) is -0.255. The van der Waals surface area contributed by atoms with Gasteiger partial charge in [0.25, 0.3) is 0 Å². The summed E-state index contributed by atoms with van der Waals surface area (Å²) in [6, 6.07) is 9.66. The number of nitrogens with one attached hydrogen (secondary N) is 1. The Hall–Kier alpha value is -3.92. The van der Waals surface area contributed by atoms with Gasteiger partial charge in [-0.3, -0.25) is 4.72 Å². The summed E-state index contributed by atoms with van der Waals surface area (Å²) in [4.78, 5) is 16.6. The quantitative estimate of drug-likeness (QED) is 0.295. The number of benzene rings is 2. The Kier molecular flexibility index (Phi) is 8.46. The fourth-order valence-corrected chi connectivity index (χ4v) is 4.51. The highest BCUT2D eigenvalue weighted by atomic mass is 32.2. The van der Waals surface area contributed by atoms with E-state index in [1.165, 1.54) is 26.4 Å². The lowest BCUT2D eigenvalue weighted by Crippen LogP contribution is -2.14. The number of carbonyl (C=O) groups excluding carboxylic acids is 1. The SMILES string of the molecule is COC(=O)c1cc(NS(C)(=O)=O)ccc1/C=C/c1cc(-c2cc(F)cnc2OC)cc(C(C)(C)C)c1OC. The third kappa shape index (κ3) is 6.69. The molecule has 0 unspecified atom stereocenters. The van der Waals surface area contributed by atoms with Crippen LogP contribution < -0.4 is 14.2 Å². The number of hydrogen-bond donors (Lipinski definition) is 1. The van der Waals surface area contributed by atoms with E-state index in [4.69, 9.17) is 14.2 Å². The summed E-state index contributed by atoms with van der Waals surface area (Å²) in [6.07, 6.45) is 5.58. The number of methoxy groups -OCH3 is 3. The second-order valence-electron chi connectivity index (χ2n) is 9.61. The summed E-state index contributed by atoms with van der Waals surface area (Å²) in [6.45, 7) is 6.10. The van der Waals surface area contributed by atoms with E-state index in [1.807, 2.05) is 32.9 Å². The van der Waals surface area contributed by atoms with Crippen LogP contribution in [-0.4, -0.2) is 47.0 Å². The maximum atomic E-state index is 14.2. The molecule has 1 heterocycles. The molecule has 1 aromatic heterocycles. The zero-order valence-electron chi connectivity index (χ0n) is 22.4. The molecule has 1 N–H and O–H groups in total. The van der Waals surface area contributed by atoms with E-state index in [0.717, 1.165) is 18.0 Å². The minimum absolute atomic E-state index is 0.166. The molecule has 0 aliphatic carbocycles. The fourth-order valence-electron chi connectivity index (χ4n) is 3.96. The smallest absolute Gasteiger partial charge is 0.338 e. The summed E-state index contributed by atoms with van der Waals surface area (Å²) in [5, 5.41) is 0. The fraction of sp³-hybridized carbons (Fsp3) is 0.286. The van der Waals surface area contributed by atoms with Gasteiger partial charge in [-0.05, 0) is 46.9 Å². The van der Waals surface area contributed by atoms with Crippen LogP contribution >= 0.6 is 0 Å². The van der Waals surface area contributed by atoms with Gasteiger partial charge in [0, 0.05) is 22.4 Å². The van der Waals surface area contributed by atoms with Gasteiger partial charge in [0.05, 0.1) is 39.3 Å². The summed E-state index contributed by atoms with van der Waals surface area (Å²) < 4.78 is 55.9. The molecule has 10 heteroatoms. The minimum atomic E-state index is -3.54. The highest BCUT2D eigenvalue weighted by molar-refractivity contribution is 7.92. The lowest BCUT2D eigenvalue weighted by molar-refractivity contribution is 0.0600. The molecule has 0 aliphatic rings. The van der Waals surface area contributed by atoms with Crippen molar-refractivity contribution in [3.8, 4) is 22.8 Å². The molecule has 0 fully saturated rings. The Balaban J connectivity index is 2.23. The molecular weight excluding hydrogens is 511 g/mol. The van der Waals surface area contributed by atoms with Gasteiger partial charge in [-0.2, -0.15) is 0 Å². The number of rotatable bonds is 8. The number of pyridine rings is 1. The largest absolute Gasteiger partial charge is 0.496 e. The highest BCUT2D eigenvalue weighted by Crippen LogP contribution is 2.40. The summed E-state index contributed by atoms with van der Waals surface area (Å²) in [7, 11) is 0.739. The van der Waals surface area contributed by atoms with E-state index in [9.17, 15) is 17.6 Å². The molecule has 0 aliphatic heterocycles. The number of sulfonamides is 1. The third-order valence-electron chi connectivity index (χ3n) is 5.66. The second-order valence-corrected chi connectivity index (χ2v) is 11.4. The number of carbonyl (C=O) groups is 1. The molecule has 0 saturated carbocycles. The predicted octanol–water partition coefficient (Wildman–Crippen LogP) is 5.53. The maximum Gasteiger partial charge on any atom is 0.338 e. The first-order valence-electron chi connectivity index (χ1n) is 11.6. The van der Waals surface area contributed by atoms with Crippen LogP contribution in [0.1, 0.15) is 47.8 Å². The average molecular weight is 543 g/mol. The molecule has 8 nitrogen and oxygen atoms in total. The molecule has 202 valence electrons. The number of aromatic nitrogens is 1. The second kappa shape index (κ2) is 11.2. The lowest BCUT2D eigenvalue weighted by atomic mass is 9.83. The number of nitrogens with zero attached hydrogens (tertiary/aromatic N) is 1. The van der Waals surface area contributed by atoms with Crippen molar-refractivity contribution in [2.24, 2.45) is 0 Å². The van der Waals surface area contributed by atoms with Crippen LogP contribution in [0.3, 0.4) is 0 Å². The first-order chi connectivity index (χ1) is 17.8. The predicted molar refractivity (Wildman–Crippen MR) is 147 cm³/mol. The van der Waals surface area contributed by atoms with Gasteiger partial charge >= 0.3 is 5.97 Å². The number of hydrogen-bond acceptors (Lipinski definition) is 7. The third-order valence-corrected chi connectivity index (χ3v) is 6.26. The van der Waals surface area contributed by atoms with Gasteiger partial charge in [-0.1, -0.05) is 39.0 Å². The van der Waals surface area contributed by atoms with E-state index in [1.54, 1.807) is 31.4 Å².